The summed E-state index contributed by atoms with van der Waals surface area (Å²) in [4.78, 5) is 16.8. The Morgan fingerprint density at radius 2 is 1.75 bits per heavy atom. The molecule has 4 aromatic rings. The van der Waals surface area contributed by atoms with Gasteiger partial charge in [-0.1, -0.05) is 11.6 Å². The summed E-state index contributed by atoms with van der Waals surface area (Å²) in [5, 5.41) is 5.55. The van der Waals surface area contributed by atoms with Gasteiger partial charge in [-0.2, -0.15) is 5.10 Å². The molecule has 2 atom stereocenters. The molecule has 7 rings (SSSR count). The third-order valence-electron chi connectivity index (χ3n) is 8.35. The van der Waals surface area contributed by atoms with Crippen molar-refractivity contribution in [2.24, 2.45) is 0 Å². The van der Waals surface area contributed by atoms with Crippen LogP contribution in [0.15, 0.2) is 43.1 Å². The second-order valence-corrected chi connectivity index (χ2v) is 10.7. The Bertz CT molecular complexity index is 1410. The van der Waals surface area contributed by atoms with Gasteiger partial charge in [0.1, 0.15) is 23.6 Å². The molecule has 0 aliphatic carbocycles. The lowest BCUT2D eigenvalue weighted by molar-refractivity contribution is -0.00498. The van der Waals surface area contributed by atoms with Crippen LogP contribution in [0.1, 0.15) is 37.3 Å². The highest BCUT2D eigenvalue weighted by atomic mass is 35.5. The second kappa shape index (κ2) is 8.61. The Labute approximate surface area is 212 Å². The van der Waals surface area contributed by atoms with Gasteiger partial charge < -0.3 is 4.98 Å². The van der Waals surface area contributed by atoms with Gasteiger partial charge in [0.05, 0.1) is 23.0 Å². The second-order valence-electron chi connectivity index (χ2n) is 10.3. The number of aromatic nitrogens is 5. The van der Waals surface area contributed by atoms with E-state index in [1.807, 2.05) is 18.5 Å². The van der Waals surface area contributed by atoms with Crippen LogP contribution in [0.3, 0.4) is 0 Å². The standard InChI is InChI=1S/C26H26ClF2N7/c27-24-21(22(28)3-4-23(24)29)13-35-16-1-2-17(35)8-18(7-16)34-11-19(12-34)36-10-15(9-33-36)25-20-5-6-30-26(20)32-14-31-25/h3-6,9-10,14,16-19H,1-2,7-8,11-13H2,(H,30,31,32). The molecule has 36 heavy (non-hydrogen) atoms. The third kappa shape index (κ3) is 3.64. The molecule has 0 spiro atoms. The smallest absolute Gasteiger partial charge is 0.142 e. The number of halogens is 3. The van der Waals surface area contributed by atoms with Crippen LogP contribution in [0.5, 0.6) is 0 Å². The lowest BCUT2D eigenvalue weighted by Crippen LogP contribution is -2.57. The first-order chi connectivity index (χ1) is 17.5. The molecule has 3 aliphatic rings. The third-order valence-corrected chi connectivity index (χ3v) is 8.76. The summed E-state index contributed by atoms with van der Waals surface area (Å²) in [7, 11) is 0. The molecular weight excluding hydrogens is 484 g/mol. The molecule has 6 heterocycles. The minimum atomic E-state index is -0.555. The Balaban J connectivity index is 1.00. The first-order valence-corrected chi connectivity index (χ1v) is 12.9. The van der Waals surface area contributed by atoms with Crippen LogP contribution in [-0.4, -0.2) is 65.7 Å². The predicted octanol–water partition coefficient (Wildman–Crippen LogP) is 4.81. The fraction of sp³-hybridized carbons (Fsp3) is 0.423. The zero-order valence-electron chi connectivity index (χ0n) is 19.6. The highest BCUT2D eigenvalue weighted by Gasteiger charge is 2.45. The normalized spacial score (nSPS) is 25.0. The van der Waals surface area contributed by atoms with Gasteiger partial charge in [-0.05, 0) is 43.9 Å². The molecule has 7 nitrogen and oxygen atoms in total. The van der Waals surface area contributed by atoms with Crippen molar-refractivity contribution < 1.29 is 8.78 Å². The average Bonchev–Trinajstić information content (AvgIpc) is 3.57. The van der Waals surface area contributed by atoms with Gasteiger partial charge in [-0.25, -0.2) is 18.7 Å². The van der Waals surface area contributed by atoms with Crippen molar-refractivity contribution >= 4 is 22.6 Å². The largest absolute Gasteiger partial charge is 0.346 e. The van der Waals surface area contributed by atoms with E-state index in [9.17, 15) is 8.78 Å². The fourth-order valence-electron chi connectivity index (χ4n) is 6.41. The van der Waals surface area contributed by atoms with E-state index in [-0.39, 0.29) is 10.6 Å². The molecule has 10 heteroatoms. The average molecular weight is 510 g/mol. The van der Waals surface area contributed by atoms with E-state index in [4.69, 9.17) is 11.6 Å². The zero-order chi connectivity index (χ0) is 24.4. The molecule has 186 valence electrons. The zero-order valence-corrected chi connectivity index (χ0v) is 20.4. The Kier molecular flexibility index (Phi) is 5.34. The predicted molar refractivity (Wildman–Crippen MR) is 132 cm³/mol. The van der Waals surface area contributed by atoms with Crippen LogP contribution in [-0.2, 0) is 6.54 Å². The molecule has 1 N–H and O–H groups in total. The van der Waals surface area contributed by atoms with E-state index in [0.717, 1.165) is 67.1 Å². The van der Waals surface area contributed by atoms with Gasteiger partial charge in [0.2, 0.25) is 0 Å². The van der Waals surface area contributed by atoms with Crippen molar-refractivity contribution in [3.63, 3.8) is 0 Å². The number of nitrogens with one attached hydrogen (secondary N) is 1. The molecule has 3 aromatic heterocycles. The first-order valence-electron chi connectivity index (χ1n) is 12.5. The van der Waals surface area contributed by atoms with Crippen LogP contribution < -0.4 is 0 Å². The Hall–Kier alpha value is -2.88. The number of benzene rings is 1. The molecule has 1 aromatic carbocycles. The topological polar surface area (TPSA) is 65.9 Å². The highest BCUT2D eigenvalue weighted by Crippen LogP contribution is 2.41. The van der Waals surface area contributed by atoms with E-state index in [1.165, 1.54) is 6.07 Å². The quantitative estimate of drug-likeness (QED) is 0.391. The molecule has 2 bridgehead atoms. The summed E-state index contributed by atoms with van der Waals surface area (Å²) in [5.74, 6) is -0.979. The number of aromatic amines is 1. The molecule has 3 fully saturated rings. The summed E-state index contributed by atoms with van der Waals surface area (Å²) in [5.41, 5.74) is 2.99. The number of hydrogen-bond acceptors (Lipinski definition) is 5. The van der Waals surface area contributed by atoms with E-state index >= 15 is 0 Å². The number of likely N-dealkylation sites (tertiary alicyclic amines) is 1. The van der Waals surface area contributed by atoms with Crippen LogP contribution in [0.4, 0.5) is 8.78 Å². The van der Waals surface area contributed by atoms with Gasteiger partial charge >= 0.3 is 0 Å². The molecule has 0 radical (unpaired) electrons. The number of nitrogens with zero attached hydrogens (tertiary/aromatic N) is 6. The summed E-state index contributed by atoms with van der Waals surface area (Å²) in [6, 6.07) is 5.88. The van der Waals surface area contributed by atoms with E-state index in [0.29, 0.717) is 30.7 Å². The molecular formula is C26H26ClF2N7. The monoisotopic (exact) mass is 509 g/mol. The van der Waals surface area contributed by atoms with Crippen LogP contribution >= 0.6 is 11.6 Å². The van der Waals surface area contributed by atoms with E-state index < -0.39 is 11.6 Å². The van der Waals surface area contributed by atoms with Crippen molar-refractivity contribution in [1.29, 1.82) is 0 Å². The lowest BCUT2D eigenvalue weighted by Gasteiger charge is -2.49. The summed E-state index contributed by atoms with van der Waals surface area (Å²) in [6.07, 6.45) is 11.7. The number of fused-ring (bicyclic) bond motifs is 3. The Morgan fingerprint density at radius 3 is 2.56 bits per heavy atom. The first kappa shape index (κ1) is 22.3. The van der Waals surface area contributed by atoms with E-state index in [1.54, 1.807) is 6.33 Å². The summed E-state index contributed by atoms with van der Waals surface area (Å²) in [6.45, 7) is 2.32. The lowest BCUT2D eigenvalue weighted by atomic mass is 9.92. The summed E-state index contributed by atoms with van der Waals surface area (Å²) >= 11 is 6.12. The van der Waals surface area contributed by atoms with Gasteiger partial charge in [-0.15, -0.1) is 0 Å². The molecule has 3 saturated heterocycles. The minimum Gasteiger partial charge on any atom is -0.346 e. The molecule has 3 aliphatic heterocycles. The van der Waals surface area contributed by atoms with Crippen molar-refractivity contribution in [3.05, 3.63) is 65.3 Å². The number of piperidine rings is 1. The van der Waals surface area contributed by atoms with Crippen LogP contribution in [0.2, 0.25) is 5.02 Å². The van der Waals surface area contributed by atoms with Crippen molar-refractivity contribution in [2.75, 3.05) is 13.1 Å². The molecule has 0 amide bonds. The van der Waals surface area contributed by atoms with Crippen LogP contribution in [0, 0.1) is 11.6 Å². The maximum Gasteiger partial charge on any atom is 0.142 e. The van der Waals surface area contributed by atoms with Crippen LogP contribution in [0.25, 0.3) is 22.3 Å². The maximum absolute atomic E-state index is 14.4. The minimum absolute atomic E-state index is 0.0834. The van der Waals surface area contributed by atoms with Gasteiger partial charge in [0.15, 0.2) is 0 Å². The number of rotatable bonds is 5. The van der Waals surface area contributed by atoms with Crippen molar-refractivity contribution in [1.82, 2.24) is 34.5 Å². The fourth-order valence-corrected chi connectivity index (χ4v) is 6.63. The maximum atomic E-state index is 14.4. The highest BCUT2D eigenvalue weighted by molar-refractivity contribution is 6.31. The summed E-state index contributed by atoms with van der Waals surface area (Å²) < 4.78 is 30.4. The van der Waals surface area contributed by atoms with Gasteiger partial charge in [-0.3, -0.25) is 14.5 Å². The van der Waals surface area contributed by atoms with Gasteiger partial charge in [0.25, 0.3) is 0 Å². The number of H-pyrrole nitrogens is 1. The van der Waals surface area contributed by atoms with Crippen molar-refractivity contribution in [3.8, 4) is 11.3 Å². The van der Waals surface area contributed by atoms with Crippen molar-refractivity contribution in [2.45, 2.75) is 56.4 Å². The number of hydrogen-bond donors (Lipinski definition) is 1. The SMILES string of the molecule is Fc1ccc(F)c(CN2C3CCC2CC(N2CC(n4cc(-c5ncnc6[nH]ccc56)cn4)C2)C3)c1Cl. The Morgan fingerprint density at radius 1 is 0.972 bits per heavy atom. The molecule has 2 unspecified atom stereocenters. The van der Waals surface area contributed by atoms with E-state index in [2.05, 4.69) is 40.7 Å². The van der Waals surface area contributed by atoms with Gasteiger partial charge in [0, 0.05) is 66.7 Å². The molecule has 0 saturated carbocycles.